The lowest BCUT2D eigenvalue weighted by atomic mass is 10.1. The molecule has 1 aromatic rings. The van der Waals surface area contributed by atoms with E-state index in [0.29, 0.717) is 10.6 Å². The molecule has 2 rings (SSSR count). The zero-order valence-electron chi connectivity index (χ0n) is 11.8. The van der Waals surface area contributed by atoms with Crippen LogP contribution in [-0.4, -0.2) is 35.7 Å². The van der Waals surface area contributed by atoms with E-state index in [1.807, 2.05) is 6.92 Å². The third-order valence-corrected chi connectivity index (χ3v) is 3.87. The zero-order valence-corrected chi connectivity index (χ0v) is 13.5. The van der Waals surface area contributed by atoms with Crippen molar-refractivity contribution in [1.29, 1.82) is 0 Å². The minimum atomic E-state index is -1.09. The molecular weight excluding hydrogens is 326 g/mol. The van der Waals surface area contributed by atoms with E-state index in [-0.39, 0.29) is 11.7 Å². The third kappa shape index (κ3) is 3.55. The molecule has 1 saturated heterocycles. The quantitative estimate of drug-likeness (QED) is 0.370. The van der Waals surface area contributed by atoms with Gasteiger partial charge < -0.3 is 15.4 Å². The molecule has 1 fully saturated rings. The largest absolute Gasteiger partial charge is 0.462 e. The zero-order chi connectivity index (χ0) is 16.3. The Labute approximate surface area is 135 Å². The van der Waals surface area contributed by atoms with Gasteiger partial charge in [0.1, 0.15) is 5.00 Å². The average molecular weight is 339 g/mol. The van der Waals surface area contributed by atoms with Gasteiger partial charge in [0.05, 0.1) is 12.2 Å². The van der Waals surface area contributed by atoms with Crippen molar-refractivity contribution in [2.24, 2.45) is 10.9 Å². The Bertz CT molecular complexity index is 661. The van der Waals surface area contributed by atoms with Crippen LogP contribution in [0.15, 0.2) is 11.1 Å². The van der Waals surface area contributed by atoms with Gasteiger partial charge in [-0.2, -0.15) is 0 Å². The molecule has 0 aliphatic carbocycles. The van der Waals surface area contributed by atoms with Crippen LogP contribution in [0.2, 0.25) is 0 Å². The highest BCUT2D eigenvalue weighted by Gasteiger charge is 2.31. The van der Waals surface area contributed by atoms with Gasteiger partial charge >= 0.3 is 5.97 Å². The fourth-order valence-corrected chi connectivity index (χ4v) is 2.81. The van der Waals surface area contributed by atoms with Gasteiger partial charge in [0, 0.05) is 11.1 Å². The molecule has 0 atom stereocenters. The van der Waals surface area contributed by atoms with E-state index in [0.717, 1.165) is 4.88 Å². The lowest BCUT2D eigenvalue weighted by molar-refractivity contribution is -0.131. The van der Waals surface area contributed by atoms with Crippen molar-refractivity contribution in [2.45, 2.75) is 13.8 Å². The highest BCUT2D eigenvalue weighted by Crippen LogP contribution is 2.31. The van der Waals surface area contributed by atoms with Crippen molar-refractivity contribution < 1.29 is 19.1 Å². The molecule has 0 spiro atoms. The number of aryl methyl sites for hydroxylation is 1. The number of amides is 2. The van der Waals surface area contributed by atoms with Crippen LogP contribution < -0.4 is 10.6 Å². The second-order valence-corrected chi connectivity index (χ2v) is 6.00. The van der Waals surface area contributed by atoms with Gasteiger partial charge in [-0.25, -0.2) is 9.79 Å². The number of hydrogen-bond acceptors (Lipinski definition) is 7. The van der Waals surface area contributed by atoms with Gasteiger partial charge in [0.15, 0.2) is 11.0 Å². The summed E-state index contributed by atoms with van der Waals surface area (Å²) in [4.78, 5) is 40.3. The van der Waals surface area contributed by atoms with Crippen molar-refractivity contribution >= 4 is 57.7 Å². The van der Waals surface area contributed by atoms with E-state index in [9.17, 15) is 14.4 Å². The number of nitrogens with one attached hydrogen (secondary N) is 2. The first-order valence-corrected chi connectivity index (χ1v) is 7.62. The van der Waals surface area contributed by atoms with Gasteiger partial charge in [0.25, 0.3) is 0 Å². The number of nitrogens with zero attached hydrogens (tertiary/aromatic N) is 1. The highest BCUT2D eigenvalue weighted by atomic mass is 32.1. The van der Waals surface area contributed by atoms with Crippen LogP contribution in [0, 0.1) is 12.8 Å². The van der Waals surface area contributed by atoms with Gasteiger partial charge in [-0.3, -0.25) is 9.59 Å². The maximum absolute atomic E-state index is 11.8. The normalized spacial score (nSPS) is 15.8. The van der Waals surface area contributed by atoms with Crippen molar-refractivity contribution in [3.8, 4) is 0 Å². The highest BCUT2D eigenvalue weighted by molar-refractivity contribution is 7.80. The first-order valence-electron chi connectivity index (χ1n) is 6.39. The standard InChI is InChI=1S/C13H13N3O4S2/c1-3-20-12(19)7-4-6(2)22-11(7)14-5-8-9(17)15-13(21)16-10(8)18/h4-5,8H,3H2,1-2H3,(H2,15,16,17,18,21)/b14-5+. The molecule has 9 heteroatoms. The van der Waals surface area contributed by atoms with Crippen LogP contribution >= 0.6 is 23.6 Å². The van der Waals surface area contributed by atoms with Crippen molar-refractivity contribution in [1.82, 2.24) is 10.6 Å². The minimum absolute atomic E-state index is 0.0289. The Morgan fingerprint density at radius 1 is 1.45 bits per heavy atom. The fourth-order valence-electron chi connectivity index (χ4n) is 1.76. The number of hydrogen-bond donors (Lipinski definition) is 2. The third-order valence-electron chi connectivity index (χ3n) is 2.71. The van der Waals surface area contributed by atoms with Gasteiger partial charge in [-0.1, -0.05) is 0 Å². The van der Waals surface area contributed by atoms with E-state index in [1.165, 1.54) is 17.6 Å². The lowest BCUT2D eigenvalue weighted by Gasteiger charge is -2.19. The first-order chi connectivity index (χ1) is 10.4. The topological polar surface area (TPSA) is 96.9 Å². The van der Waals surface area contributed by atoms with E-state index in [4.69, 9.17) is 17.0 Å². The van der Waals surface area contributed by atoms with E-state index >= 15 is 0 Å². The molecule has 0 aromatic carbocycles. The van der Waals surface area contributed by atoms with Gasteiger partial charge in [-0.05, 0) is 32.1 Å². The summed E-state index contributed by atoms with van der Waals surface area (Å²) in [5.74, 6) is -2.69. The lowest BCUT2D eigenvalue weighted by Crippen LogP contribution is -2.56. The molecule has 22 heavy (non-hydrogen) atoms. The van der Waals surface area contributed by atoms with E-state index in [2.05, 4.69) is 15.6 Å². The molecule has 116 valence electrons. The van der Waals surface area contributed by atoms with Crippen LogP contribution in [0.3, 0.4) is 0 Å². The van der Waals surface area contributed by atoms with Crippen molar-refractivity contribution in [2.75, 3.05) is 6.61 Å². The van der Waals surface area contributed by atoms with Crippen LogP contribution in [0.5, 0.6) is 0 Å². The molecule has 0 radical (unpaired) electrons. The molecule has 7 nitrogen and oxygen atoms in total. The minimum Gasteiger partial charge on any atom is -0.462 e. The second kappa shape index (κ2) is 6.75. The van der Waals surface area contributed by atoms with Crippen LogP contribution in [-0.2, 0) is 14.3 Å². The summed E-state index contributed by atoms with van der Waals surface area (Å²) in [5.41, 5.74) is 0.313. The number of aliphatic imine (C=N–C) groups is 1. The number of rotatable bonds is 4. The molecule has 0 unspecified atom stereocenters. The molecule has 0 saturated carbocycles. The fraction of sp³-hybridized carbons (Fsp3) is 0.308. The first kappa shape index (κ1) is 16.2. The summed E-state index contributed by atoms with van der Waals surface area (Å²) in [5, 5.41) is 5.04. The number of esters is 1. The molecule has 1 aromatic heterocycles. The summed E-state index contributed by atoms with van der Waals surface area (Å²) in [6, 6.07) is 1.66. The monoisotopic (exact) mass is 339 g/mol. The predicted molar refractivity (Wildman–Crippen MR) is 85.5 cm³/mol. The molecule has 0 bridgehead atoms. The number of thiophene rings is 1. The number of thiocarbonyl (C=S) groups is 1. The molecule has 2 amide bonds. The summed E-state index contributed by atoms with van der Waals surface area (Å²) >= 11 is 5.98. The maximum atomic E-state index is 11.8. The SMILES string of the molecule is CCOC(=O)c1cc(C)sc1/N=C/C1C(=O)NC(=S)NC1=O. The number of ether oxygens (including phenoxy) is 1. The van der Waals surface area contributed by atoms with Gasteiger partial charge in [-0.15, -0.1) is 11.3 Å². The average Bonchev–Trinajstić information content (AvgIpc) is 2.79. The Hall–Kier alpha value is -2.13. The summed E-state index contributed by atoms with van der Waals surface area (Å²) in [6.45, 7) is 3.78. The smallest absolute Gasteiger partial charge is 0.341 e. The maximum Gasteiger partial charge on any atom is 0.341 e. The molecular formula is C13H13N3O4S2. The van der Waals surface area contributed by atoms with E-state index in [1.54, 1.807) is 13.0 Å². The molecule has 2 N–H and O–H groups in total. The van der Waals surface area contributed by atoms with Gasteiger partial charge in [0.2, 0.25) is 11.8 Å². The van der Waals surface area contributed by atoms with Crippen molar-refractivity contribution in [3.05, 3.63) is 16.5 Å². The number of carbonyl (C=O) groups is 3. The van der Waals surface area contributed by atoms with Crippen LogP contribution in [0.4, 0.5) is 5.00 Å². The molecule has 1 aliphatic rings. The summed E-state index contributed by atoms with van der Waals surface area (Å²) < 4.78 is 4.95. The number of carbonyl (C=O) groups excluding carboxylic acids is 3. The Kier molecular flexibility index (Phi) is 4.99. The van der Waals surface area contributed by atoms with Crippen LogP contribution in [0.1, 0.15) is 22.2 Å². The molecule has 1 aliphatic heterocycles. The Morgan fingerprint density at radius 3 is 2.68 bits per heavy atom. The Balaban J connectivity index is 2.23. The van der Waals surface area contributed by atoms with E-state index < -0.39 is 23.7 Å². The second-order valence-electron chi connectivity index (χ2n) is 4.36. The summed E-state index contributed by atoms with van der Waals surface area (Å²) in [6.07, 6.45) is 1.19. The van der Waals surface area contributed by atoms with Crippen molar-refractivity contribution in [3.63, 3.8) is 0 Å². The molecule has 2 heterocycles. The van der Waals surface area contributed by atoms with Crippen LogP contribution in [0.25, 0.3) is 0 Å². The summed E-state index contributed by atoms with van der Waals surface area (Å²) in [7, 11) is 0. The Morgan fingerprint density at radius 2 is 2.09 bits per heavy atom. The predicted octanol–water partition coefficient (Wildman–Crippen LogP) is 1.08.